The maximum atomic E-state index is 12.7. The van der Waals surface area contributed by atoms with Gasteiger partial charge in [0.2, 0.25) is 0 Å². The third-order valence-corrected chi connectivity index (χ3v) is 6.72. The van der Waals surface area contributed by atoms with E-state index in [1.807, 2.05) is 56.3 Å². The number of nitriles is 1. The van der Waals surface area contributed by atoms with Crippen molar-refractivity contribution in [2.24, 2.45) is 5.92 Å². The number of nitrogens with one attached hydrogen (secondary N) is 3. The molecule has 3 N–H and O–H groups in total. The van der Waals surface area contributed by atoms with Gasteiger partial charge < -0.3 is 20.9 Å². The second-order valence-electron chi connectivity index (χ2n) is 10.0. The number of hydrogen-bond donors (Lipinski definition) is 3. The smallest absolute Gasteiger partial charge is 0.319 e. The van der Waals surface area contributed by atoms with Crippen molar-refractivity contribution in [1.82, 2.24) is 10.6 Å². The van der Waals surface area contributed by atoms with Gasteiger partial charge in [-0.3, -0.25) is 4.79 Å². The van der Waals surface area contributed by atoms with E-state index in [2.05, 4.69) is 26.9 Å². The van der Waals surface area contributed by atoms with E-state index >= 15 is 0 Å². The van der Waals surface area contributed by atoms with Gasteiger partial charge in [-0.05, 0) is 80.8 Å². The molecule has 2 atom stereocenters. The summed E-state index contributed by atoms with van der Waals surface area (Å²) in [6.07, 6.45) is 4.50. The maximum Gasteiger partial charge on any atom is 0.319 e. The lowest BCUT2D eigenvalue weighted by atomic mass is 9.91. The molecule has 3 amide bonds. The first-order valence-electron chi connectivity index (χ1n) is 12.2. The highest BCUT2D eigenvalue weighted by Gasteiger charge is 2.42. The molecule has 5 rings (SSSR count). The average Bonchev–Trinajstić information content (AvgIpc) is 3.73. The van der Waals surface area contributed by atoms with Crippen LogP contribution in [0.15, 0.2) is 42.5 Å². The zero-order valence-corrected chi connectivity index (χ0v) is 19.7. The summed E-state index contributed by atoms with van der Waals surface area (Å²) in [6, 6.07) is 16.0. The lowest BCUT2D eigenvalue weighted by Gasteiger charge is -2.29. The molecule has 1 heterocycles. The predicted molar refractivity (Wildman–Crippen MR) is 132 cm³/mol. The van der Waals surface area contributed by atoms with Crippen LogP contribution in [0.4, 0.5) is 16.2 Å². The van der Waals surface area contributed by atoms with E-state index in [1.165, 1.54) is 12.8 Å². The van der Waals surface area contributed by atoms with Crippen molar-refractivity contribution >= 4 is 23.3 Å². The van der Waals surface area contributed by atoms with Crippen molar-refractivity contribution in [2.75, 3.05) is 16.8 Å². The van der Waals surface area contributed by atoms with Gasteiger partial charge in [-0.25, -0.2) is 4.79 Å². The van der Waals surface area contributed by atoms with Gasteiger partial charge in [-0.2, -0.15) is 5.26 Å². The number of amides is 3. The summed E-state index contributed by atoms with van der Waals surface area (Å²) < 4.78 is 0. The fourth-order valence-electron chi connectivity index (χ4n) is 4.69. The molecule has 34 heavy (non-hydrogen) atoms. The molecule has 2 fully saturated rings. The molecular weight excluding hydrogens is 426 g/mol. The molecule has 7 nitrogen and oxygen atoms in total. The molecule has 176 valence electrons. The summed E-state index contributed by atoms with van der Waals surface area (Å²) in [4.78, 5) is 27.1. The topological polar surface area (TPSA) is 97.3 Å². The third-order valence-electron chi connectivity index (χ3n) is 6.72. The van der Waals surface area contributed by atoms with Crippen molar-refractivity contribution in [1.29, 1.82) is 5.26 Å². The van der Waals surface area contributed by atoms with Crippen molar-refractivity contribution in [3.05, 3.63) is 59.2 Å². The third kappa shape index (κ3) is 4.72. The normalized spacial score (nSPS) is 21.1. The van der Waals surface area contributed by atoms with E-state index in [4.69, 9.17) is 0 Å². The highest BCUT2D eigenvalue weighted by atomic mass is 16.2. The number of anilines is 2. The Morgan fingerprint density at radius 3 is 2.44 bits per heavy atom. The Morgan fingerprint density at radius 2 is 1.82 bits per heavy atom. The quantitative estimate of drug-likeness (QED) is 0.562. The van der Waals surface area contributed by atoms with Crippen LogP contribution in [0.3, 0.4) is 0 Å². The van der Waals surface area contributed by atoms with Crippen LogP contribution in [0.25, 0.3) is 0 Å². The molecule has 0 aromatic heterocycles. The van der Waals surface area contributed by atoms with Crippen molar-refractivity contribution in [3.63, 3.8) is 0 Å². The van der Waals surface area contributed by atoms with Gasteiger partial charge in [0.25, 0.3) is 5.91 Å². The van der Waals surface area contributed by atoms with Crippen LogP contribution >= 0.6 is 0 Å². The van der Waals surface area contributed by atoms with Gasteiger partial charge in [0, 0.05) is 35.6 Å². The first kappa shape index (κ1) is 22.3. The van der Waals surface area contributed by atoms with Crippen LogP contribution in [-0.2, 0) is 0 Å². The van der Waals surface area contributed by atoms with E-state index in [0.717, 1.165) is 36.2 Å². The molecule has 3 aliphatic rings. The van der Waals surface area contributed by atoms with E-state index in [9.17, 15) is 14.9 Å². The Kier molecular flexibility index (Phi) is 5.91. The van der Waals surface area contributed by atoms with E-state index < -0.39 is 0 Å². The molecule has 0 radical (unpaired) electrons. The van der Waals surface area contributed by atoms with Gasteiger partial charge in [0.15, 0.2) is 0 Å². The Balaban J connectivity index is 1.42. The molecule has 2 aromatic carbocycles. The molecule has 2 saturated carbocycles. The van der Waals surface area contributed by atoms with Gasteiger partial charge in [0.1, 0.15) is 0 Å². The summed E-state index contributed by atoms with van der Waals surface area (Å²) in [5.41, 5.74) is 4.36. The lowest BCUT2D eigenvalue weighted by Crippen LogP contribution is -2.34. The second kappa shape index (κ2) is 9.02. The molecule has 0 saturated heterocycles. The number of urea groups is 1. The first-order chi connectivity index (χ1) is 16.4. The molecule has 2 aliphatic carbocycles. The summed E-state index contributed by atoms with van der Waals surface area (Å²) in [5, 5.41) is 18.9. The standard InChI is InChI=1S/C27H31N5O2/c1-16(2)29-27(34)31-21-8-5-18(6-9-21)25-23(14-28)22-12-7-19(26(33)30-20-10-11-20)13-24(22)32(25)15-17-3-4-17/h5-9,12-13,16-17,20,23,25H,3-4,10-11,15H2,1-2H3,(H,30,33)(H2,29,31,34). The van der Waals surface area contributed by atoms with Gasteiger partial charge in [0.05, 0.1) is 18.0 Å². The number of fused-ring (bicyclic) bond motifs is 1. The summed E-state index contributed by atoms with van der Waals surface area (Å²) in [7, 11) is 0. The highest BCUT2D eigenvalue weighted by Crippen LogP contribution is 2.50. The van der Waals surface area contributed by atoms with Gasteiger partial charge >= 0.3 is 6.03 Å². The number of benzene rings is 2. The number of nitrogens with zero attached hydrogens (tertiary/aromatic N) is 2. The van der Waals surface area contributed by atoms with Crippen LogP contribution in [0.5, 0.6) is 0 Å². The van der Waals surface area contributed by atoms with E-state index in [1.54, 1.807) is 0 Å². The van der Waals surface area contributed by atoms with E-state index in [-0.39, 0.29) is 29.9 Å². The first-order valence-corrected chi connectivity index (χ1v) is 12.2. The second-order valence-corrected chi connectivity index (χ2v) is 10.0. The van der Waals surface area contributed by atoms with Crippen LogP contribution in [-0.4, -0.2) is 30.6 Å². The zero-order valence-electron chi connectivity index (χ0n) is 19.7. The molecule has 2 unspecified atom stereocenters. The number of carbonyl (C=O) groups is 2. The van der Waals surface area contributed by atoms with Crippen molar-refractivity contribution < 1.29 is 9.59 Å². The van der Waals surface area contributed by atoms with Crippen LogP contribution in [0, 0.1) is 17.2 Å². The fraction of sp³-hybridized carbons (Fsp3) is 0.444. The molecular formula is C27H31N5O2. The van der Waals surface area contributed by atoms with E-state index in [0.29, 0.717) is 23.2 Å². The van der Waals surface area contributed by atoms with Crippen LogP contribution in [0.1, 0.15) is 73.0 Å². The number of rotatable bonds is 7. The summed E-state index contributed by atoms with van der Waals surface area (Å²) in [5.74, 6) is 0.262. The lowest BCUT2D eigenvalue weighted by molar-refractivity contribution is 0.0951. The SMILES string of the molecule is CC(C)NC(=O)Nc1ccc(C2C(C#N)c3ccc(C(=O)NC4CC4)cc3N2CC2CC2)cc1. The monoisotopic (exact) mass is 457 g/mol. The predicted octanol–water partition coefficient (Wildman–Crippen LogP) is 4.69. The van der Waals surface area contributed by atoms with Crippen LogP contribution < -0.4 is 20.9 Å². The minimum atomic E-state index is -0.322. The Labute approximate surface area is 200 Å². The fourth-order valence-corrected chi connectivity index (χ4v) is 4.69. The zero-order chi connectivity index (χ0) is 23.8. The maximum absolute atomic E-state index is 12.7. The largest absolute Gasteiger partial charge is 0.362 e. The van der Waals surface area contributed by atoms with Gasteiger partial charge in [-0.15, -0.1) is 0 Å². The molecule has 7 heteroatoms. The molecule has 0 bridgehead atoms. The van der Waals surface area contributed by atoms with Gasteiger partial charge in [-0.1, -0.05) is 18.2 Å². The minimum Gasteiger partial charge on any atom is -0.362 e. The Morgan fingerprint density at radius 1 is 1.09 bits per heavy atom. The van der Waals surface area contributed by atoms with Crippen molar-refractivity contribution in [3.8, 4) is 6.07 Å². The van der Waals surface area contributed by atoms with Crippen LogP contribution in [0.2, 0.25) is 0 Å². The Hall–Kier alpha value is -3.53. The number of carbonyl (C=O) groups excluding carboxylic acids is 2. The Bertz CT molecular complexity index is 1130. The highest BCUT2D eigenvalue weighted by molar-refractivity contribution is 5.96. The molecule has 1 aliphatic heterocycles. The minimum absolute atomic E-state index is 0.0382. The summed E-state index contributed by atoms with van der Waals surface area (Å²) >= 11 is 0. The number of hydrogen-bond acceptors (Lipinski definition) is 4. The molecule has 0 spiro atoms. The molecule has 2 aromatic rings. The average molecular weight is 458 g/mol. The van der Waals surface area contributed by atoms with Crippen molar-refractivity contribution in [2.45, 2.75) is 63.6 Å². The summed E-state index contributed by atoms with van der Waals surface area (Å²) in [6.45, 7) is 4.70.